The summed E-state index contributed by atoms with van der Waals surface area (Å²) in [6.45, 7) is 0. The second-order valence-electron chi connectivity index (χ2n) is 2.86. The van der Waals surface area contributed by atoms with Gasteiger partial charge < -0.3 is 10.9 Å². The minimum Gasteiger partial charge on any atom is -0.362 e. The average Bonchev–Trinajstić information content (AvgIpc) is 2.61. The zero-order valence-corrected chi connectivity index (χ0v) is 8.81. The number of nitrogens with two attached hydrogens (primary N) is 1. The standard InChI is InChI=1S/C9H7N3O3S/c10-8(13)7-9(11-15-12(7)14)16-6-4-2-1-3-5-6/h1-5H,(H2,10,13). The summed E-state index contributed by atoms with van der Waals surface area (Å²) in [5.74, 6) is -0.866. The number of rotatable bonds is 3. The zero-order chi connectivity index (χ0) is 11.5. The van der Waals surface area contributed by atoms with Crippen LogP contribution in [0, 0.1) is 5.21 Å². The van der Waals surface area contributed by atoms with E-state index in [0.717, 1.165) is 16.7 Å². The smallest absolute Gasteiger partial charge is 0.298 e. The van der Waals surface area contributed by atoms with E-state index in [0.29, 0.717) is 0 Å². The van der Waals surface area contributed by atoms with Crippen LogP contribution < -0.4 is 10.6 Å². The van der Waals surface area contributed by atoms with E-state index in [1.807, 2.05) is 30.3 Å². The SMILES string of the molecule is NC(=O)c1c(Sc2ccccc2)no[n+]1[O-]. The molecule has 2 rings (SSSR count). The lowest BCUT2D eigenvalue weighted by molar-refractivity contribution is -0.803. The molecule has 0 bridgehead atoms. The highest BCUT2D eigenvalue weighted by molar-refractivity contribution is 7.99. The average molecular weight is 237 g/mol. The van der Waals surface area contributed by atoms with E-state index in [9.17, 15) is 10.0 Å². The van der Waals surface area contributed by atoms with Crippen LogP contribution in [0.4, 0.5) is 0 Å². The molecule has 0 radical (unpaired) electrons. The Morgan fingerprint density at radius 2 is 2.12 bits per heavy atom. The summed E-state index contributed by atoms with van der Waals surface area (Å²) < 4.78 is 4.32. The molecule has 0 atom stereocenters. The molecule has 1 aromatic heterocycles. The maximum atomic E-state index is 11.0. The van der Waals surface area contributed by atoms with Crippen molar-refractivity contribution in [2.75, 3.05) is 0 Å². The van der Waals surface area contributed by atoms with Gasteiger partial charge in [-0.3, -0.25) is 9.42 Å². The van der Waals surface area contributed by atoms with Gasteiger partial charge in [-0.1, -0.05) is 18.2 Å². The molecule has 2 aromatic rings. The third-order valence-electron chi connectivity index (χ3n) is 1.77. The first-order valence-corrected chi connectivity index (χ1v) is 5.12. The first kappa shape index (κ1) is 10.5. The van der Waals surface area contributed by atoms with E-state index in [-0.39, 0.29) is 15.6 Å². The van der Waals surface area contributed by atoms with Crippen LogP contribution in [0.25, 0.3) is 0 Å². The first-order chi connectivity index (χ1) is 7.68. The fraction of sp³-hybridized carbons (Fsp3) is 0. The predicted octanol–water partition coefficient (Wildman–Crippen LogP) is 0.558. The summed E-state index contributed by atoms with van der Waals surface area (Å²) in [5.41, 5.74) is 4.76. The van der Waals surface area contributed by atoms with Crippen LogP contribution in [0.2, 0.25) is 0 Å². The number of primary amides is 1. The van der Waals surface area contributed by atoms with Gasteiger partial charge in [-0.05, 0) is 28.8 Å². The van der Waals surface area contributed by atoms with Crippen LogP contribution >= 0.6 is 11.8 Å². The summed E-state index contributed by atoms with van der Waals surface area (Å²) in [6.07, 6.45) is 0. The van der Waals surface area contributed by atoms with Crippen molar-refractivity contribution in [3.05, 3.63) is 41.2 Å². The predicted molar refractivity (Wildman–Crippen MR) is 54.5 cm³/mol. The van der Waals surface area contributed by atoms with Crippen molar-refractivity contribution in [1.29, 1.82) is 0 Å². The summed E-state index contributed by atoms with van der Waals surface area (Å²) >= 11 is 1.14. The molecule has 1 heterocycles. The fourth-order valence-electron chi connectivity index (χ4n) is 1.10. The van der Waals surface area contributed by atoms with Crippen LogP contribution in [0.3, 0.4) is 0 Å². The molecule has 16 heavy (non-hydrogen) atoms. The largest absolute Gasteiger partial charge is 0.362 e. The van der Waals surface area contributed by atoms with Gasteiger partial charge in [0.2, 0.25) is 0 Å². The van der Waals surface area contributed by atoms with E-state index < -0.39 is 5.91 Å². The number of carbonyl (C=O) groups is 1. The molecule has 0 spiro atoms. The highest BCUT2D eigenvalue weighted by Crippen LogP contribution is 2.26. The van der Waals surface area contributed by atoms with Crippen molar-refractivity contribution in [2.24, 2.45) is 5.73 Å². The molecule has 0 fully saturated rings. The number of hydrogen-bond donors (Lipinski definition) is 1. The molecule has 1 aromatic carbocycles. The second-order valence-corrected chi connectivity index (χ2v) is 3.93. The van der Waals surface area contributed by atoms with E-state index in [1.165, 1.54) is 0 Å². The number of hydrogen-bond acceptors (Lipinski definition) is 5. The quantitative estimate of drug-likeness (QED) is 0.787. The van der Waals surface area contributed by atoms with E-state index in [1.54, 1.807) is 0 Å². The van der Waals surface area contributed by atoms with Crippen molar-refractivity contribution in [3.8, 4) is 0 Å². The molecular weight excluding hydrogens is 230 g/mol. The Morgan fingerprint density at radius 3 is 2.75 bits per heavy atom. The highest BCUT2D eigenvalue weighted by Gasteiger charge is 2.25. The van der Waals surface area contributed by atoms with Crippen LogP contribution in [0.15, 0.2) is 44.9 Å². The summed E-state index contributed by atoms with van der Waals surface area (Å²) in [7, 11) is 0. The van der Waals surface area contributed by atoms with Crippen molar-refractivity contribution >= 4 is 17.7 Å². The van der Waals surface area contributed by atoms with E-state index in [4.69, 9.17) is 5.73 Å². The molecule has 0 aliphatic heterocycles. The molecule has 82 valence electrons. The van der Waals surface area contributed by atoms with Crippen LogP contribution in [-0.2, 0) is 0 Å². The molecule has 2 N–H and O–H groups in total. The minimum absolute atomic E-state index is 0.00755. The number of amides is 1. The minimum atomic E-state index is -0.866. The van der Waals surface area contributed by atoms with E-state index in [2.05, 4.69) is 9.79 Å². The molecule has 0 saturated carbocycles. The van der Waals surface area contributed by atoms with Gasteiger partial charge in [0.05, 0.1) is 5.16 Å². The molecule has 6 nitrogen and oxygen atoms in total. The Labute approximate surface area is 94.6 Å². The molecule has 7 heteroatoms. The zero-order valence-electron chi connectivity index (χ0n) is 7.99. The fourth-order valence-corrected chi connectivity index (χ4v) is 1.96. The summed E-state index contributed by atoms with van der Waals surface area (Å²) in [5, 5.41) is 14.7. The Morgan fingerprint density at radius 1 is 1.44 bits per heavy atom. The maximum absolute atomic E-state index is 11.0. The van der Waals surface area contributed by atoms with Gasteiger partial charge >= 0.3 is 0 Å². The summed E-state index contributed by atoms with van der Waals surface area (Å²) in [4.78, 5) is 11.8. The number of aromatic nitrogens is 2. The first-order valence-electron chi connectivity index (χ1n) is 4.31. The molecular formula is C9H7N3O3S. The lowest BCUT2D eigenvalue weighted by atomic mass is 10.4. The van der Waals surface area contributed by atoms with Crippen LogP contribution in [0.1, 0.15) is 10.5 Å². The number of nitrogens with zero attached hydrogens (tertiary/aromatic N) is 2. The molecule has 0 saturated heterocycles. The van der Waals surface area contributed by atoms with Gasteiger partial charge in [0.1, 0.15) is 0 Å². The van der Waals surface area contributed by atoms with Gasteiger partial charge in [0, 0.05) is 4.90 Å². The van der Waals surface area contributed by atoms with Crippen LogP contribution in [-0.4, -0.2) is 11.1 Å². The molecule has 0 aliphatic rings. The Balaban J connectivity index is 2.32. The summed E-state index contributed by atoms with van der Waals surface area (Å²) in [6, 6.07) is 9.16. The maximum Gasteiger partial charge on any atom is 0.298 e. The number of carbonyl (C=O) groups excluding carboxylic acids is 1. The Kier molecular flexibility index (Phi) is 2.78. The van der Waals surface area contributed by atoms with Gasteiger partial charge in [0.15, 0.2) is 0 Å². The Bertz CT molecular complexity index is 512. The third kappa shape index (κ3) is 1.98. The van der Waals surface area contributed by atoms with Crippen molar-refractivity contribution < 1.29 is 14.3 Å². The van der Waals surface area contributed by atoms with Crippen molar-refractivity contribution in [1.82, 2.24) is 5.16 Å². The second kappa shape index (κ2) is 4.23. The lowest BCUT2D eigenvalue weighted by Gasteiger charge is -1.94. The van der Waals surface area contributed by atoms with Gasteiger partial charge in [0.25, 0.3) is 16.6 Å². The van der Waals surface area contributed by atoms with E-state index >= 15 is 0 Å². The van der Waals surface area contributed by atoms with Crippen molar-refractivity contribution in [2.45, 2.75) is 9.92 Å². The van der Waals surface area contributed by atoms with Gasteiger partial charge in [-0.15, -0.1) is 0 Å². The van der Waals surface area contributed by atoms with Crippen LogP contribution in [0.5, 0.6) is 0 Å². The molecule has 0 aliphatic carbocycles. The monoisotopic (exact) mass is 237 g/mol. The topological polar surface area (TPSA) is 96.1 Å². The number of benzene rings is 1. The molecule has 1 amide bonds. The third-order valence-corrected chi connectivity index (χ3v) is 2.74. The van der Waals surface area contributed by atoms with Gasteiger partial charge in [-0.2, -0.15) is 0 Å². The molecule has 0 unspecified atom stereocenters. The normalized spacial score (nSPS) is 10.2. The van der Waals surface area contributed by atoms with Crippen molar-refractivity contribution in [3.63, 3.8) is 0 Å². The lowest BCUT2D eigenvalue weighted by Crippen LogP contribution is -2.34. The van der Waals surface area contributed by atoms with Gasteiger partial charge in [-0.25, -0.2) is 0 Å². The highest BCUT2D eigenvalue weighted by atomic mass is 32.2. The Hall–Kier alpha value is -2.02.